The van der Waals surface area contributed by atoms with Crippen molar-refractivity contribution < 1.29 is 23.6 Å². The second-order valence-corrected chi connectivity index (χ2v) is 8.56. The Labute approximate surface area is 147 Å². The predicted octanol–water partition coefficient (Wildman–Crippen LogP) is 5.16. The Morgan fingerprint density at radius 2 is 1.46 bits per heavy atom. The standard InChI is InChI=1S/C16H27O5P.2CH4/c1-15(2,3)12-16(4,5)13-6-8-14(9-7-13)20-10-11-21-22(17,18)19;;/h6-9H,10-12H2,1-5H3,(H2,17,18,19);2*1H4. The minimum absolute atomic E-state index is 0. The molecule has 0 bridgehead atoms. The van der Waals surface area contributed by atoms with Crippen LogP contribution in [0.15, 0.2) is 24.3 Å². The minimum Gasteiger partial charge on any atom is -0.491 e. The van der Waals surface area contributed by atoms with Gasteiger partial charge >= 0.3 is 7.82 Å². The molecule has 0 atom stereocenters. The summed E-state index contributed by atoms with van der Waals surface area (Å²) < 4.78 is 20.3. The molecule has 1 aromatic rings. The predicted molar refractivity (Wildman–Crippen MR) is 100 cm³/mol. The Hall–Kier alpha value is -0.870. The zero-order valence-electron chi connectivity index (χ0n) is 14.0. The summed E-state index contributed by atoms with van der Waals surface area (Å²) in [6, 6.07) is 7.81. The smallest absolute Gasteiger partial charge is 0.469 e. The first-order valence-corrected chi connectivity index (χ1v) is 8.86. The Bertz CT molecular complexity index is 511. The van der Waals surface area contributed by atoms with Crippen molar-refractivity contribution in [2.45, 2.75) is 61.3 Å². The zero-order chi connectivity index (χ0) is 17.0. The molecule has 0 radical (unpaired) electrons. The van der Waals surface area contributed by atoms with Gasteiger partial charge in [0.15, 0.2) is 0 Å². The van der Waals surface area contributed by atoms with Crippen molar-refractivity contribution in [1.29, 1.82) is 0 Å². The number of hydrogen-bond donors (Lipinski definition) is 2. The maximum absolute atomic E-state index is 10.5. The van der Waals surface area contributed by atoms with Gasteiger partial charge in [0.1, 0.15) is 12.4 Å². The molecule has 0 saturated carbocycles. The van der Waals surface area contributed by atoms with Crippen LogP contribution < -0.4 is 4.74 Å². The summed E-state index contributed by atoms with van der Waals surface area (Å²) in [6.45, 7) is 11.1. The number of phosphoric acid groups is 1. The van der Waals surface area contributed by atoms with Crippen LogP contribution in [-0.2, 0) is 14.5 Å². The van der Waals surface area contributed by atoms with Crippen LogP contribution in [0.5, 0.6) is 5.75 Å². The quantitative estimate of drug-likeness (QED) is 0.517. The fourth-order valence-corrected chi connectivity index (χ4v) is 3.06. The van der Waals surface area contributed by atoms with Crippen LogP contribution in [0.2, 0.25) is 0 Å². The lowest BCUT2D eigenvalue weighted by Crippen LogP contribution is -2.24. The van der Waals surface area contributed by atoms with Crippen molar-refractivity contribution in [3.05, 3.63) is 29.8 Å². The number of benzene rings is 1. The summed E-state index contributed by atoms with van der Waals surface area (Å²) >= 11 is 0. The molecule has 1 rings (SSSR count). The normalized spacial score (nSPS) is 12.1. The Morgan fingerprint density at radius 3 is 1.88 bits per heavy atom. The van der Waals surface area contributed by atoms with Gasteiger partial charge in [0, 0.05) is 0 Å². The van der Waals surface area contributed by atoms with E-state index in [0.717, 1.165) is 6.42 Å². The SMILES string of the molecule is C.C.CC(C)(C)CC(C)(C)c1ccc(OCCOP(=O)(O)O)cc1. The average molecular weight is 362 g/mol. The van der Waals surface area contributed by atoms with Gasteiger partial charge in [-0.25, -0.2) is 4.57 Å². The Kier molecular flexibility index (Phi) is 10.1. The third kappa shape index (κ3) is 10.1. The second kappa shape index (κ2) is 9.57. The van der Waals surface area contributed by atoms with E-state index in [0.29, 0.717) is 5.75 Å². The third-order valence-corrected chi connectivity index (χ3v) is 3.74. The molecule has 1 aromatic carbocycles. The fourth-order valence-electron chi connectivity index (χ4n) is 2.75. The highest BCUT2D eigenvalue weighted by atomic mass is 31.2. The second-order valence-electron chi connectivity index (χ2n) is 7.32. The van der Waals surface area contributed by atoms with Crippen molar-refractivity contribution in [1.82, 2.24) is 0 Å². The van der Waals surface area contributed by atoms with E-state index >= 15 is 0 Å². The Morgan fingerprint density at radius 1 is 0.958 bits per heavy atom. The molecule has 0 aliphatic heterocycles. The first-order valence-electron chi connectivity index (χ1n) is 7.33. The van der Waals surface area contributed by atoms with Crippen LogP contribution in [0, 0.1) is 5.41 Å². The van der Waals surface area contributed by atoms with Crippen molar-refractivity contribution in [2.24, 2.45) is 5.41 Å². The molecule has 0 saturated heterocycles. The molecule has 24 heavy (non-hydrogen) atoms. The van der Waals surface area contributed by atoms with E-state index in [1.165, 1.54) is 5.56 Å². The van der Waals surface area contributed by atoms with Gasteiger partial charge < -0.3 is 14.5 Å². The van der Waals surface area contributed by atoms with Gasteiger partial charge in [-0.15, -0.1) is 0 Å². The van der Waals surface area contributed by atoms with Crippen molar-refractivity contribution in [2.75, 3.05) is 13.2 Å². The van der Waals surface area contributed by atoms with Crippen molar-refractivity contribution in [3.8, 4) is 5.75 Å². The van der Waals surface area contributed by atoms with Gasteiger partial charge in [-0.2, -0.15) is 0 Å². The molecule has 0 heterocycles. The van der Waals surface area contributed by atoms with Crippen LogP contribution in [0.4, 0.5) is 0 Å². The highest BCUT2D eigenvalue weighted by Crippen LogP contribution is 2.37. The average Bonchev–Trinajstić information content (AvgIpc) is 2.31. The number of hydrogen-bond acceptors (Lipinski definition) is 3. The molecule has 5 nitrogen and oxygen atoms in total. The molecule has 0 aromatic heterocycles. The summed E-state index contributed by atoms with van der Waals surface area (Å²) in [5.41, 5.74) is 1.56. The van der Waals surface area contributed by atoms with E-state index < -0.39 is 7.82 Å². The molecule has 142 valence electrons. The van der Waals surface area contributed by atoms with Gasteiger partial charge in [0.05, 0.1) is 6.61 Å². The lowest BCUT2D eigenvalue weighted by Gasteiger charge is -2.33. The highest BCUT2D eigenvalue weighted by Gasteiger charge is 2.27. The first kappa shape index (κ1) is 25.4. The first-order chi connectivity index (χ1) is 9.89. The molecule has 0 amide bonds. The molecular formula is C18H35O5P. The van der Waals surface area contributed by atoms with Crippen LogP contribution in [0.3, 0.4) is 0 Å². The molecule has 0 spiro atoms. The minimum atomic E-state index is -4.42. The largest absolute Gasteiger partial charge is 0.491 e. The molecule has 0 unspecified atom stereocenters. The number of ether oxygens (including phenoxy) is 1. The fraction of sp³-hybridized carbons (Fsp3) is 0.667. The Balaban J connectivity index is 0. The summed E-state index contributed by atoms with van der Waals surface area (Å²) in [4.78, 5) is 17.1. The molecule has 0 aliphatic carbocycles. The molecule has 2 N–H and O–H groups in total. The summed E-state index contributed by atoms with van der Waals surface area (Å²) in [5, 5.41) is 0. The molecular weight excluding hydrogens is 327 g/mol. The highest BCUT2D eigenvalue weighted by molar-refractivity contribution is 7.46. The van der Waals surface area contributed by atoms with E-state index in [9.17, 15) is 4.57 Å². The maximum Gasteiger partial charge on any atom is 0.469 e. The molecule has 6 heteroatoms. The van der Waals surface area contributed by atoms with E-state index in [1.807, 2.05) is 24.3 Å². The third-order valence-electron chi connectivity index (χ3n) is 3.22. The van der Waals surface area contributed by atoms with Gasteiger partial charge in [-0.05, 0) is 34.9 Å². The molecule has 0 fully saturated rings. The van der Waals surface area contributed by atoms with Crippen LogP contribution in [-0.4, -0.2) is 23.0 Å². The monoisotopic (exact) mass is 362 g/mol. The zero-order valence-corrected chi connectivity index (χ0v) is 14.9. The van der Waals surface area contributed by atoms with Crippen LogP contribution >= 0.6 is 7.82 Å². The lowest BCUT2D eigenvalue weighted by molar-refractivity contribution is 0.160. The van der Waals surface area contributed by atoms with E-state index in [-0.39, 0.29) is 38.9 Å². The summed E-state index contributed by atoms with van der Waals surface area (Å²) in [6.07, 6.45) is 1.07. The van der Waals surface area contributed by atoms with Gasteiger partial charge in [0.2, 0.25) is 0 Å². The van der Waals surface area contributed by atoms with Crippen molar-refractivity contribution in [3.63, 3.8) is 0 Å². The number of rotatable bonds is 7. The lowest BCUT2D eigenvalue weighted by atomic mass is 9.72. The topological polar surface area (TPSA) is 76.0 Å². The van der Waals surface area contributed by atoms with E-state index in [4.69, 9.17) is 14.5 Å². The van der Waals surface area contributed by atoms with Gasteiger partial charge in [-0.1, -0.05) is 61.6 Å². The van der Waals surface area contributed by atoms with Gasteiger partial charge in [0.25, 0.3) is 0 Å². The molecule has 0 aliphatic rings. The van der Waals surface area contributed by atoms with Gasteiger partial charge in [-0.3, -0.25) is 4.52 Å². The van der Waals surface area contributed by atoms with E-state index in [1.54, 1.807) is 0 Å². The summed E-state index contributed by atoms with van der Waals surface area (Å²) in [5.74, 6) is 0.657. The van der Waals surface area contributed by atoms with Crippen LogP contribution in [0.25, 0.3) is 0 Å². The summed E-state index contributed by atoms with van der Waals surface area (Å²) in [7, 11) is -4.42. The maximum atomic E-state index is 10.5. The van der Waals surface area contributed by atoms with E-state index in [2.05, 4.69) is 39.1 Å². The van der Waals surface area contributed by atoms with Crippen LogP contribution in [0.1, 0.15) is 61.5 Å². The van der Waals surface area contributed by atoms with Crippen molar-refractivity contribution >= 4 is 7.82 Å². The number of phosphoric ester groups is 1.